The van der Waals surface area contributed by atoms with Crippen LogP contribution < -0.4 is 0 Å². The Morgan fingerprint density at radius 2 is 1.14 bits per heavy atom. The highest BCUT2D eigenvalue weighted by Gasteiger charge is 2.31. The topological polar surface area (TPSA) is 99.1 Å². The van der Waals surface area contributed by atoms with E-state index in [0.29, 0.717) is 19.3 Å². The average molecular weight is 721 g/mol. The Morgan fingerprint density at radius 3 is 1.69 bits per heavy atom. The number of aliphatic carboxylic acids is 1. The minimum absolute atomic E-state index is 0.0370. The van der Waals surface area contributed by atoms with Gasteiger partial charge in [-0.3, -0.25) is 9.59 Å². The molecule has 8 nitrogen and oxygen atoms in total. The maximum atomic E-state index is 12.5. The number of rotatable bonds is 36. The molecule has 51 heavy (non-hydrogen) atoms. The highest BCUT2D eigenvalue weighted by Crippen LogP contribution is 2.14. The zero-order chi connectivity index (χ0) is 37.8. The van der Waals surface area contributed by atoms with Crippen LogP contribution in [0.1, 0.15) is 168 Å². The second kappa shape index (κ2) is 34.6. The van der Waals surface area contributed by atoms with Gasteiger partial charge in [0.2, 0.25) is 0 Å². The van der Waals surface area contributed by atoms with Crippen molar-refractivity contribution in [2.75, 3.05) is 41.0 Å². The number of likely N-dealkylation sites (N-methyl/N-ethyl adjacent to an activating group) is 1. The number of ether oxygens (including phenoxy) is 3. The molecule has 0 saturated heterocycles. The molecule has 0 rings (SSSR count). The normalized spacial score (nSPS) is 13.4. The van der Waals surface area contributed by atoms with Crippen molar-refractivity contribution in [3.05, 3.63) is 36.5 Å². The number of carbonyl (C=O) groups is 3. The number of unbranched alkanes of at least 4 members (excludes halogenated alkanes) is 16. The van der Waals surface area contributed by atoms with E-state index in [2.05, 4.69) is 38.2 Å². The Kier molecular flexibility index (Phi) is 33.0. The summed E-state index contributed by atoms with van der Waals surface area (Å²) in [6, 6.07) is -0.621. The van der Waals surface area contributed by atoms with E-state index in [9.17, 15) is 19.5 Å². The van der Waals surface area contributed by atoms with E-state index in [1.807, 2.05) is 33.3 Å². The van der Waals surface area contributed by atoms with Gasteiger partial charge in [0.05, 0.1) is 34.4 Å². The van der Waals surface area contributed by atoms with Crippen molar-refractivity contribution in [1.29, 1.82) is 0 Å². The first-order chi connectivity index (χ1) is 24.6. The second-order valence-electron chi connectivity index (χ2n) is 14.9. The third-order valence-corrected chi connectivity index (χ3v) is 9.04. The van der Waals surface area contributed by atoms with Crippen LogP contribution in [0, 0.1) is 0 Å². The van der Waals surface area contributed by atoms with Gasteiger partial charge in [0, 0.05) is 19.3 Å². The lowest BCUT2D eigenvalue weighted by atomic mass is 10.1. The van der Waals surface area contributed by atoms with Gasteiger partial charge in [-0.1, -0.05) is 134 Å². The van der Waals surface area contributed by atoms with Gasteiger partial charge in [0.25, 0.3) is 0 Å². The summed E-state index contributed by atoms with van der Waals surface area (Å²) in [5, 5.41) is 9.56. The van der Waals surface area contributed by atoms with Crippen LogP contribution >= 0.6 is 0 Å². The Hall–Kier alpha value is -2.45. The molecule has 0 fully saturated rings. The largest absolute Gasteiger partial charge is 0.477 e. The number of carboxylic acid groups (broad SMARTS) is 1. The van der Waals surface area contributed by atoms with Crippen LogP contribution in [-0.2, 0) is 28.6 Å². The van der Waals surface area contributed by atoms with Crippen LogP contribution in [0.5, 0.6) is 0 Å². The molecule has 8 heteroatoms. The molecule has 0 aromatic rings. The third kappa shape index (κ3) is 33.2. The van der Waals surface area contributed by atoms with Crippen molar-refractivity contribution in [3.63, 3.8) is 0 Å². The molecular formula is C43H78NO7+. The van der Waals surface area contributed by atoms with Crippen molar-refractivity contribution in [2.45, 2.75) is 180 Å². The number of quaternary nitrogens is 1. The zero-order valence-corrected chi connectivity index (χ0v) is 33.6. The summed E-state index contributed by atoms with van der Waals surface area (Å²) in [4.78, 5) is 36.6. The van der Waals surface area contributed by atoms with Gasteiger partial charge in [-0.05, 0) is 51.4 Å². The van der Waals surface area contributed by atoms with Crippen LogP contribution in [0.15, 0.2) is 36.5 Å². The van der Waals surface area contributed by atoms with Crippen molar-refractivity contribution < 1.29 is 38.2 Å². The lowest BCUT2D eigenvalue weighted by Gasteiger charge is -2.31. The summed E-state index contributed by atoms with van der Waals surface area (Å²) < 4.78 is 17.1. The fourth-order valence-electron chi connectivity index (χ4n) is 5.85. The molecule has 296 valence electrons. The Bertz CT molecular complexity index is 937. The Morgan fingerprint density at radius 1 is 0.608 bits per heavy atom. The molecule has 0 aliphatic heterocycles. The molecule has 1 N–H and O–H groups in total. The fraction of sp³-hybridized carbons (Fsp3) is 0.791. The van der Waals surface area contributed by atoms with Crippen molar-refractivity contribution >= 4 is 17.9 Å². The van der Waals surface area contributed by atoms with Crippen molar-refractivity contribution in [2.24, 2.45) is 0 Å². The van der Waals surface area contributed by atoms with E-state index in [0.717, 1.165) is 32.1 Å². The van der Waals surface area contributed by atoms with Gasteiger partial charge in [-0.25, -0.2) is 4.79 Å². The monoisotopic (exact) mass is 721 g/mol. The molecule has 2 unspecified atom stereocenters. The highest BCUT2D eigenvalue weighted by atomic mass is 16.6. The van der Waals surface area contributed by atoms with Gasteiger partial charge in [0.15, 0.2) is 12.1 Å². The maximum Gasteiger partial charge on any atom is 0.362 e. The van der Waals surface area contributed by atoms with Crippen LogP contribution in [0.4, 0.5) is 0 Å². The summed E-state index contributed by atoms with van der Waals surface area (Å²) in [5.41, 5.74) is 0. The zero-order valence-electron chi connectivity index (χ0n) is 33.6. The Balaban J connectivity index is 4.21. The molecule has 0 radical (unpaired) electrons. The number of hydrogen-bond acceptors (Lipinski definition) is 6. The van der Waals surface area contributed by atoms with Gasteiger partial charge in [-0.2, -0.15) is 0 Å². The number of esters is 2. The van der Waals surface area contributed by atoms with E-state index in [-0.39, 0.29) is 42.7 Å². The molecule has 0 aliphatic rings. The number of carboxylic acids is 1. The first kappa shape index (κ1) is 48.5. The molecule has 0 aromatic heterocycles. The quantitative estimate of drug-likeness (QED) is 0.0298. The molecule has 0 saturated carbocycles. The van der Waals surface area contributed by atoms with E-state index >= 15 is 0 Å². The predicted octanol–water partition coefficient (Wildman–Crippen LogP) is 10.7. The highest BCUT2D eigenvalue weighted by molar-refractivity contribution is 5.72. The molecule has 0 bridgehead atoms. The molecule has 0 spiro atoms. The van der Waals surface area contributed by atoms with Gasteiger partial charge < -0.3 is 23.8 Å². The van der Waals surface area contributed by atoms with Crippen LogP contribution in [-0.4, -0.2) is 80.6 Å². The minimum Gasteiger partial charge on any atom is -0.477 e. The number of carbonyl (C=O) groups excluding carboxylic acids is 2. The first-order valence-corrected chi connectivity index (χ1v) is 20.5. The van der Waals surface area contributed by atoms with Crippen LogP contribution in [0.2, 0.25) is 0 Å². The second-order valence-corrected chi connectivity index (χ2v) is 14.9. The van der Waals surface area contributed by atoms with Crippen molar-refractivity contribution in [3.8, 4) is 0 Å². The predicted molar refractivity (Wildman–Crippen MR) is 211 cm³/mol. The molecular weight excluding hydrogens is 642 g/mol. The molecule has 0 aliphatic carbocycles. The van der Waals surface area contributed by atoms with Gasteiger partial charge in [-0.15, -0.1) is 0 Å². The van der Waals surface area contributed by atoms with E-state index in [1.54, 1.807) is 0 Å². The number of allylic oxidation sites excluding steroid dienone is 6. The maximum absolute atomic E-state index is 12.5. The van der Waals surface area contributed by atoms with E-state index < -0.39 is 18.1 Å². The summed E-state index contributed by atoms with van der Waals surface area (Å²) in [6.45, 7) is 4.51. The number of hydrogen-bond donors (Lipinski definition) is 1. The van der Waals surface area contributed by atoms with Gasteiger partial charge >= 0.3 is 17.9 Å². The summed E-state index contributed by atoms with van der Waals surface area (Å²) in [5.74, 6) is -1.57. The molecule has 2 atom stereocenters. The lowest BCUT2D eigenvalue weighted by molar-refractivity contribution is -0.887. The molecule has 0 amide bonds. The minimum atomic E-state index is -0.885. The van der Waals surface area contributed by atoms with Crippen molar-refractivity contribution in [1.82, 2.24) is 0 Å². The standard InChI is InChI=1S/C43H77NO7/c1-6-8-10-12-14-15-16-17-18-19-20-21-22-23-24-25-26-28-29-31-33-41(45)50-38-39(37-49-36-35-40(43(47)48)44(3,4)5)51-42(46)34-32-30-27-13-11-9-7-2/h9,11,20-21,27,30,39-40H,6-8,10,12-19,22-26,28-29,31-38H2,1-5H3/p+1/b11-9+,21-20+,30-27+. The smallest absolute Gasteiger partial charge is 0.362 e. The summed E-state index contributed by atoms with van der Waals surface area (Å²) in [6.07, 6.45) is 38.1. The molecule has 0 heterocycles. The van der Waals surface area contributed by atoms with E-state index in [4.69, 9.17) is 14.2 Å². The average Bonchev–Trinajstić information content (AvgIpc) is 3.08. The lowest BCUT2D eigenvalue weighted by Crippen LogP contribution is -2.50. The third-order valence-electron chi connectivity index (χ3n) is 9.04. The van der Waals surface area contributed by atoms with Crippen LogP contribution in [0.3, 0.4) is 0 Å². The number of nitrogens with zero attached hydrogens (tertiary/aromatic N) is 1. The summed E-state index contributed by atoms with van der Waals surface area (Å²) >= 11 is 0. The first-order valence-electron chi connectivity index (χ1n) is 20.5. The van der Waals surface area contributed by atoms with Crippen LogP contribution in [0.25, 0.3) is 0 Å². The SMILES string of the molecule is CC/C=C/C/C=C/CCC(=O)OC(COCCC(C(=O)O)[N+](C)(C)C)COC(=O)CCCCCCCCC/C=C/CCCCCCCCCCC. The molecule has 0 aromatic carbocycles. The Labute approximate surface area is 313 Å². The van der Waals surface area contributed by atoms with E-state index in [1.165, 1.54) is 96.3 Å². The fourth-order valence-corrected chi connectivity index (χ4v) is 5.85. The summed E-state index contributed by atoms with van der Waals surface area (Å²) in [7, 11) is 5.49. The van der Waals surface area contributed by atoms with Gasteiger partial charge in [0.1, 0.15) is 6.61 Å².